The summed E-state index contributed by atoms with van der Waals surface area (Å²) >= 11 is 0. The van der Waals surface area contributed by atoms with Gasteiger partial charge in [0.1, 0.15) is 0 Å². The van der Waals surface area contributed by atoms with Crippen molar-refractivity contribution in [1.82, 2.24) is 4.31 Å². The molecule has 0 aliphatic carbocycles. The van der Waals surface area contributed by atoms with Gasteiger partial charge in [-0.3, -0.25) is 4.79 Å². The molecule has 3 rings (SSSR count). The molecule has 0 aromatic heterocycles. The number of sulfonamides is 1. The lowest BCUT2D eigenvalue weighted by Gasteiger charge is -2.25. The Bertz CT molecular complexity index is 853. The minimum Gasteiger partial charge on any atom is -0.326 e. The number of nitrogens with zero attached hydrogens (tertiary/aromatic N) is 1. The Kier molecular flexibility index (Phi) is 5.74. The van der Waals surface area contributed by atoms with Crippen molar-refractivity contribution in [3.63, 3.8) is 0 Å². The second-order valence-corrected chi connectivity index (χ2v) is 8.64. The highest BCUT2D eigenvalue weighted by atomic mass is 32.2. The Morgan fingerprint density at radius 2 is 1.58 bits per heavy atom. The zero-order valence-corrected chi connectivity index (χ0v) is 15.8. The highest BCUT2D eigenvalue weighted by molar-refractivity contribution is 7.89. The summed E-state index contributed by atoms with van der Waals surface area (Å²) in [7, 11) is -3.43. The number of aryl methyl sites for hydroxylation is 1. The molecule has 0 unspecified atom stereocenters. The molecule has 2 aromatic rings. The Morgan fingerprint density at radius 1 is 0.962 bits per heavy atom. The van der Waals surface area contributed by atoms with E-state index in [-0.39, 0.29) is 12.3 Å². The molecule has 26 heavy (non-hydrogen) atoms. The summed E-state index contributed by atoms with van der Waals surface area (Å²) in [6.45, 7) is 3.16. The zero-order valence-electron chi connectivity index (χ0n) is 14.9. The Hall–Kier alpha value is -2.18. The number of benzene rings is 2. The van der Waals surface area contributed by atoms with Gasteiger partial charge in [0.15, 0.2) is 0 Å². The van der Waals surface area contributed by atoms with Crippen molar-refractivity contribution in [3.05, 3.63) is 59.7 Å². The summed E-state index contributed by atoms with van der Waals surface area (Å²) in [5.41, 5.74) is 2.67. The highest BCUT2D eigenvalue weighted by Crippen LogP contribution is 2.21. The Balaban J connectivity index is 1.63. The number of amides is 1. The molecule has 0 bridgehead atoms. The normalized spacial score (nSPS) is 15.6. The maximum Gasteiger partial charge on any atom is 0.243 e. The maximum absolute atomic E-state index is 12.6. The van der Waals surface area contributed by atoms with Gasteiger partial charge in [-0.2, -0.15) is 4.31 Å². The fraction of sp³-hybridized carbons (Fsp3) is 0.350. The lowest BCUT2D eigenvalue weighted by Crippen LogP contribution is -2.35. The minimum atomic E-state index is -3.43. The van der Waals surface area contributed by atoms with Crippen molar-refractivity contribution in [3.8, 4) is 0 Å². The summed E-state index contributed by atoms with van der Waals surface area (Å²) < 4.78 is 26.8. The van der Waals surface area contributed by atoms with Crippen molar-refractivity contribution >= 4 is 21.6 Å². The van der Waals surface area contributed by atoms with E-state index in [9.17, 15) is 13.2 Å². The molecule has 1 heterocycles. The molecule has 5 nitrogen and oxygen atoms in total. The molecular weight excluding hydrogens is 348 g/mol. The van der Waals surface area contributed by atoms with Gasteiger partial charge in [-0.05, 0) is 49.6 Å². The number of hydrogen-bond acceptors (Lipinski definition) is 3. The molecule has 0 saturated carbocycles. The van der Waals surface area contributed by atoms with Crippen molar-refractivity contribution in [2.45, 2.75) is 37.5 Å². The zero-order chi connectivity index (χ0) is 18.6. The van der Waals surface area contributed by atoms with Crippen LogP contribution in [0.1, 0.15) is 30.4 Å². The van der Waals surface area contributed by atoms with Gasteiger partial charge in [0.05, 0.1) is 11.3 Å². The first-order valence-corrected chi connectivity index (χ1v) is 10.3. The van der Waals surface area contributed by atoms with E-state index in [1.807, 2.05) is 31.2 Å². The molecule has 0 spiro atoms. The predicted octanol–water partition coefficient (Wildman–Crippen LogP) is 3.35. The molecule has 1 aliphatic heterocycles. The van der Waals surface area contributed by atoms with Crippen LogP contribution in [0.2, 0.25) is 0 Å². The van der Waals surface area contributed by atoms with Gasteiger partial charge in [-0.1, -0.05) is 36.2 Å². The SMILES string of the molecule is Cc1ccc(NC(=O)Cc2ccc(S(=O)(=O)N3CCCCC3)cc2)cc1. The number of anilines is 1. The molecule has 1 N–H and O–H groups in total. The monoisotopic (exact) mass is 372 g/mol. The first-order chi connectivity index (χ1) is 12.4. The standard InChI is InChI=1S/C20H24N2O3S/c1-16-5-9-18(10-6-16)21-20(23)15-17-7-11-19(12-8-17)26(24,25)22-13-3-2-4-14-22/h5-12H,2-4,13-15H2,1H3,(H,21,23). The van der Waals surface area contributed by atoms with E-state index in [4.69, 9.17) is 0 Å². The van der Waals surface area contributed by atoms with E-state index >= 15 is 0 Å². The second-order valence-electron chi connectivity index (χ2n) is 6.70. The number of hydrogen-bond donors (Lipinski definition) is 1. The predicted molar refractivity (Wildman–Crippen MR) is 103 cm³/mol. The molecule has 0 atom stereocenters. The van der Waals surface area contributed by atoms with Gasteiger partial charge in [0.2, 0.25) is 15.9 Å². The van der Waals surface area contributed by atoms with Crippen molar-refractivity contribution in [2.24, 2.45) is 0 Å². The van der Waals surface area contributed by atoms with Crippen LogP contribution in [0.15, 0.2) is 53.4 Å². The van der Waals surface area contributed by atoms with Crippen LogP contribution in [0.4, 0.5) is 5.69 Å². The van der Waals surface area contributed by atoms with E-state index in [1.165, 1.54) is 0 Å². The summed E-state index contributed by atoms with van der Waals surface area (Å²) in [6.07, 6.45) is 3.12. The number of nitrogens with one attached hydrogen (secondary N) is 1. The fourth-order valence-electron chi connectivity index (χ4n) is 3.06. The average molecular weight is 372 g/mol. The lowest BCUT2D eigenvalue weighted by molar-refractivity contribution is -0.115. The minimum absolute atomic E-state index is 0.125. The molecule has 1 amide bonds. The third-order valence-corrected chi connectivity index (χ3v) is 6.49. The van der Waals surface area contributed by atoms with Crippen LogP contribution >= 0.6 is 0 Å². The van der Waals surface area contributed by atoms with Gasteiger partial charge in [0.25, 0.3) is 0 Å². The molecule has 1 aliphatic rings. The van der Waals surface area contributed by atoms with Gasteiger partial charge < -0.3 is 5.32 Å². The van der Waals surface area contributed by atoms with E-state index in [0.717, 1.165) is 36.1 Å². The van der Waals surface area contributed by atoms with E-state index < -0.39 is 10.0 Å². The van der Waals surface area contributed by atoms with Gasteiger partial charge >= 0.3 is 0 Å². The fourth-order valence-corrected chi connectivity index (χ4v) is 4.58. The molecule has 2 aromatic carbocycles. The van der Waals surface area contributed by atoms with Crippen LogP contribution in [0, 0.1) is 6.92 Å². The quantitative estimate of drug-likeness (QED) is 0.875. The number of carbonyl (C=O) groups is 1. The molecule has 1 saturated heterocycles. The van der Waals surface area contributed by atoms with Gasteiger partial charge in [-0.25, -0.2) is 8.42 Å². The van der Waals surface area contributed by atoms with Crippen LogP contribution in [0.5, 0.6) is 0 Å². The van der Waals surface area contributed by atoms with Crippen LogP contribution in [0.25, 0.3) is 0 Å². The van der Waals surface area contributed by atoms with Crippen LogP contribution in [-0.2, 0) is 21.2 Å². The summed E-state index contributed by atoms with van der Waals surface area (Å²) in [5, 5.41) is 2.85. The maximum atomic E-state index is 12.6. The first kappa shape index (κ1) is 18.6. The van der Waals surface area contributed by atoms with Gasteiger partial charge in [0, 0.05) is 18.8 Å². The molecule has 6 heteroatoms. The van der Waals surface area contributed by atoms with E-state index in [2.05, 4.69) is 5.32 Å². The number of piperidine rings is 1. The molecule has 138 valence electrons. The third-order valence-electron chi connectivity index (χ3n) is 4.58. The molecule has 1 fully saturated rings. The first-order valence-electron chi connectivity index (χ1n) is 8.91. The van der Waals surface area contributed by atoms with E-state index in [1.54, 1.807) is 28.6 Å². The largest absolute Gasteiger partial charge is 0.326 e. The number of rotatable bonds is 5. The second kappa shape index (κ2) is 8.01. The number of carbonyl (C=O) groups excluding carboxylic acids is 1. The Labute approximate surface area is 155 Å². The van der Waals surface area contributed by atoms with Crippen molar-refractivity contribution in [2.75, 3.05) is 18.4 Å². The smallest absolute Gasteiger partial charge is 0.243 e. The van der Waals surface area contributed by atoms with Crippen molar-refractivity contribution in [1.29, 1.82) is 0 Å². The highest BCUT2D eigenvalue weighted by Gasteiger charge is 2.25. The lowest BCUT2D eigenvalue weighted by atomic mass is 10.1. The van der Waals surface area contributed by atoms with Crippen LogP contribution in [-0.4, -0.2) is 31.7 Å². The van der Waals surface area contributed by atoms with Crippen LogP contribution < -0.4 is 5.32 Å². The third kappa shape index (κ3) is 4.51. The molecule has 0 radical (unpaired) electrons. The summed E-state index contributed by atoms with van der Waals surface area (Å²) in [6, 6.07) is 14.2. The van der Waals surface area contributed by atoms with Crippen molar-refractivity contribution < 1.29 is 13.2 Å². The Morgan fingerprint density at radius 3 is 2.19 bits per heavy atom. The summed E-state index contributed by atoms with van der Waals surface area (Å²) in [5.74, 6) is -0.125. The topological polar surface area (TPSA) is 66.5 Å². The average Bonchev–Trinajstić information content (AvgIpc) is 2.65. The van der Waals surface area contributed by atoms with Crippen LogP contribution in [0.3, 0.4) is 0 Å². The van der Waals surface area contributed by atoms with E-state index in [0.29, 0.717) is 18.0 Å². The summed E-state index contributed by atoms with van der Waals surface area (Å²) in [4.78, 5) is 12.5. The van der Waals surface area contributed by atoms with Gasteiger partial charge in [-0.15, -0.1) is 0 Å². The molecular formula is C20H24N2O3S.